The van der Waals surface area contributed by atoms with Gasteiger partial charge in [-0.25, -0.2) is 20.0 Å². The summed E-state index contributed by atoms with van der Waals surface area (Å²) in [5.74, 6) is -0.579. The number of nitrogens with zero attached hydrogens (tertiary/aromatic N) is 1. The van der Waals surface area contributed by atoms with Crippen LogP contribution < -0.4 is 16.1 Å². The highest BCUT2D eigenvalue weighted by Crippen LogP contribution is 2.37. The molecule has 0 atom stereocenters. The van der Waals surface area contributed by atoms with Gasteiger partial charge in [0.1, 0.15) is 11.2 Å². The molecule has 0 spiro atoms. The van der Waals surface area contributed by atoms with Gasteiger partial charge in [0.15, 0.2) is 0 Å². The van der Waals surface area contributed by atoms with Gasteiger partial charge in [0.25, 0.3) is 11.8 Å². The largest absolute Gasteiger partial charge is 0.444 e. The zero-order valence-electron chi connectivity index (χ0n) is 24.0. The summed E-state index contributed by atoms with van der Waals surface area (Å²) in [4.78, 5) is 50.7. The van der Waals surface area contributed by atoms with E-state index in [1.165, 1.54) is 26.6 Å². The van der Waals surface area contributed by atoms with Gasteiger partial charge in [0.2, 0.25) is 0 Å². The molecule has 12 heteroatoms. The second kappa shape index (κ2) is 14.8. The second-order valence-electron chi connectivity index (χ2n) is 10.6. The predicted octanol–water partition coefficient (Wildman–Crippen LogP) is 5.64. The zero-order valence-corrected chi connectivity index (χ0v) is 25.6. The molecule has 3 N–H and O–H groups in total. The molecule has 0 aliphatic heterocycles. The maximum Gasteiger partial charge on any atom is 0.426 e. The van der Waals surface area contributed by atoms with Crippen molar-refractivity contribution in [1.29, 1.82) is 0 Å². The average Bonchev–Trinajstić information content (AvgIpc) is 2.86. The molecule has 2 rings (SSSR count). The van der Waals surface area contributed by atoms with E-state index in [1.807, 2.05) is 24.3 Å². The molecule has 0 unspecified atom stereocenters. The first-order valence-electron chi connectivity index (χ1n) is 12.8. The highest BCUT2D eigenvalue weighted by Gasteiger charge is 2.21. The lowest BCUT2D eigenvalue weighted by Crippen LogP contribution is -2.47. The van der Waals surface area contributed by atoms with E-state index < -0.39 is 23.4 Å². The van der Waals surface area contributed by atoms with Crippen LogP contribution in [0.15, 0.2) is 58.3 Å². The van der Waals surface area contributed by atoms with Gasteiger partial charge >= 0.3 is 12.2 Å². The summed E-state index contributed by atoms with van der Waals surface area (Å²) in [5.41, 5.74) is 2.18. The van der Waals surface area contributed by atoms with Crippen LogP contribution in [0.4, 0.5) is 9.59 Å². The molecule has 2 aromatic carbocycles. The molecule has 0 saturated carbocycles. The number of hydrazine groups is 1. The predicted molar refractivity (Wildman–Crippen MR) is 157 cm³/mol. The van der Waals surface area contributed by atoms with Crippen LogP contribution in [0.25, 0.3) is 0 Å². The maximum atomic E-state index is 12.8. The Balaban J connectivity index is 1.81. The van der Waals surface area contributed by atoms with E-state index in [0.717, 1.165) is 9.79 Å². The number of ether oxygens (including phenoxy) is 2. The van der Waals surface area contributed by atoms with Gasteiger partial charge in [-0.2, -0.15) is 0 Å². The number of carbonyl (C=O) groups is 4. The number of benzene rings is 2. The number of hydrogen-bond acceptors (Lipinski definition) is 8. The minimum absolute atomic E-state index is 0.238. The Bertz CT molecular complexity index is 1160. The van der Waals surface area contributed by atoms with E-state index >= 15 is 0 Å². The van der Waals surface area contributed by atoms with Crippen LogP contribution in [-0.2, 0) is 9.47 Å². The average molecular weight is 591 g/mol. The lowest BCUT2D eigenvalue weighted by atomic mass is 10.2. The van der Waals surface area contributed by atoms with Crippen LogP contribution in [0.5, 0.6) is 0 Å². The van der Waals surface area contributed by atoms with E-state index in [4.69, 9.17) is 9.47 Å². The molecule has 0 aliphatic rings. The molecule has 0 saturated heterocycles. The maximum absolute atomic E-state index is 12.8. The molecule has 0 fully saturated rings. The highest BCUT2D eigenvalue weighted by molar-refractivity contribution is 8.76. The molecule has 10 nitrogen and oxygen atoms in total. The van der Waals surface area contributed by atoms with Gasteiger partial charge < -0.3 is 20.1 Å². The molecule has 2 aromatic rings. The van der Waals surface area contributed by atoms with Crippen molar-refractivity contribution in [3.8, 4) is 0 Å². The van der Waals surface area contributed by atoms with Gasteiger partial charge in [0, 0.05) is 40.6 Å². The summed E-state index contributed by atoms with van der Waals surface area (Å²) in [6.07, 6.45) is -1.22. The lowest BCUT2D eigenvalue weighted by Gasteiger charge is -2.25. The number of rotatable bonds is 9. The van der Waals surface area contributed by atoms with Gasteiger partial charge in [-0.15, -0.1) is 0 Å². The minimum Gasteiger partial charge on any atom is -0.444 e. The van der Waals surface area contributed by atoms with Gasteiger partial charge in [-0.1, -0.05) is 21.6 Å². The fourth-order valence-electron chi connectivity index (χ4n) is 3.01. The molecular weight excluding hydrogens is 552 g/mol. The Morgan fingerprint density at radius 3 is 1.62 bits per heavy atom. The summed E-state index contributed by atoms with van der Waals surface area (Å²) >= 11 is 0. The Kier molecular flexibility index (Phi) is 12.2. The first-order valence-corrected chi connectivity index (χ1v) is 14.9. The van der Waals surface area contributed by atoms with Crippen molar-refractivity contribution in [2.45, 2.75) is 69.5 Å². The summed E-state index contributed by atoms with van der Waals surface area (Å²) in [7, 11) is 3.03. The number of carbonyl (C=O) groups excluding carboxylic acids is 4. The van der Waals surface area contributed by atoms with Crippen molar-refractivity contribution < 1.29 is 28.7 Å². The van der Waals surface area contributed by atoms with Crippen LogP contribution in [0.2, 0.25) is 0 Å². The van der Waals surface area contributed by atoms with Crippen LogP contribution in [0.3, 0.4) is 0 Å². The third-order valence-electron chi connectivity index (χ3n) is 4.72. The summed E-state index contributed by atoms with van der Waals surface area (Å²) < 4.78 is 10.4. The monoisotopic (exact) mass is 590 g/mol. The lowest BCUT2D eigenvalue weighted by molar-refractivity contribution is 0.0302. The quantitative estimate of drug-likeness (QED) is 0.195. The fraction of sp³-hybridized carbons (Fsp3) is 0.429. The van der Waals surface area contributed by atoms with Crippen molar-refractivity contribution in [2.75, 3.05) is 19.6 Å². The third-order valence-corrected chi connectivity index (χ3v) is 7.13. The molecule has 218 valence electrons. The smallest absolute Gasteiger partial charge is 0.426 e. The third kappa shape index (κ3) is 12.2. The van der Waals surface area contributed by atoms with Gasteiger partial charge in [-0.05, 0) is 97.0 Å². The first-order chi connectivity index (χ1) is 18.7. The Morgan fingerprint density at radius 2 is 1.15 bits per heavy atom. The summed E-state index contributed by atoms with van der Waals surface area (Å²) in [6, 6.07) is 14.2. The van der Waals surface area contributed by atoms with E-state index in [2.05, 4.69) is 16.1 Å². The van der Waals surface area contributed by atoms with Crippen molar-refractivity contribution in [1.82, 2.24) is 21.1 Å². The van der Waals surface area contributed by atoms with Crippen molar-refractivity contribution >= 4 is 45.6 Å². The van der Waals surface area contributed by atoms with Gasteiger partial charge in [0.05, 0.1) is 0 Å². The number of hydrogen-bond donors (Lipinski definition) is 3. The van der Waals surface area contributed by atoms with Crippen molar-refractivity contribution in [3.63, 3.8) is 0 Å². The standard InChI is InChI=1S/C28H38N4O6S2/c1-8-32(31-26(36)38-28(5,6)7)24(34)20-11-15-22(16-12-20)40-39-21-13-9-19(10-14-21)23(33)29-17-18-30-25(35)37-27(2,3)4/h9-16H,8,17-18H2,1-7H3,(H,29,33)(H,30,35)(H,31,36). The SMILES string of the molecule is CCN(NC(=O)OC(C)(C)C)C(=O)c1ccc(SSc2ccc(C(=O)NCCNC(=O)OC(C)(C)C)cc2)cc1. The fourth-order valence-corrected chi connectivity index (χ4v) is 4.94. The molecule has 0 radical (unpaired) electrons. The Morgan fingerprint density at radius 1 is 0.700 bits per heavy atom. The molecule has 0 aromatic heterocycles. The molecular formula is C28H38N4O6S2. The molecule has 4 amide bonds. The van der Waals surface area contributed by atoms with Crippen LogP contribution in [-0.4, -0.2) is 59.8 Å². The Labute approximate surface area is 243 Å². The van der Waals surface area contributed by atoms with Crippen LogP contribution >= 0.6 is 21.6 Å². The van der Waals surface area contributed by atoms with Crippen LogP contribution in [0, 0.1) is 0 Å². The van der Waals surface area contributed by atoms with Crippen LogP contribution in [0.1, 0.15) is 69.2 Å². The Hall–Kier alpha value is -3.38. The minimum atomic E-state index is -0.690. The molecule has 0 heterocycles. The topological polar surface area (TPSA) is 126 Å². The number of alkyl carbamates (subject to hydrolysis) is 1. The normalized spacial score (nSPS) is 11.3. The van der Waals surface area contributed by atoms with Crippen molar-refractivity contribution in [2.24, 2.45) is 0 Å². The summed E-state index contributed by atoms with van der Waals surface area (Å²) in [6.45, 7) is 13.2. The summed E-state index contributed by atoms with van der Waals surface area (Å²) in [5, 5.41) is 6.56. The van der Waals surface area contributed by atoms with E-state index in [0.29, 0.717) is 11.1 Å². The molecule has 40 heavy (non-hydrogen) atoms. The van der Waals surface area contributed by atoms with E-state index in [1.54, 1.807) is 72.7 Å². The highest BCUT2D eigenvalue weighted by atomic mass is 33.1. The first kappa shape index (κ1) is 32.8. The van der Waals surface area contributed by atoms with E-state index in [-0.39, 0.29) is 31.4 Å². The van der Waals surface area contributed by atoms with E-state index in [9.17, 15) is 19.2 Å². The van der Waals surface area contributed by atoms with Crippen molar-refractivity contribution in [3.05, 3.63) is 59.7 Å². The zero-order chi connectivity index (χ0) is 29.9. The number of amides is 4. The number of nitrogens with one attached hydrogen (secondary N) is 3. The molecule has 0 aliphatic carbocycles. The second-order valence-corrected chi connectivity index (χ2v) is 12.8. The molecule has 0 bridgehead atoms. The van der Waals surface area contributed by atoms with Gasteiger partial charge in [-0.3, -0.25) is 9.59 Å².